The maximum atomic E-state index is 12.5. The Morgan fingerprint density at radius 1 is 1.00 bits per heavy atom. The van der Waals surface area contributed by atoms with Crippen molar-refractivity contribution in [2.45, 2.75) is 13.3 Å². The van der Waals surface area contributed by atoms with Crippen LogP contribution in [0.4, 0.5) is 5.69 Å². The number of para-hydroxylation sites is 1. The zero-order chi connectivity index (χ0) is 19.2. The molecule has 0 spiro atoms. The van der Waals surface area contributed by atoms with Gasteiger partial charge in [-0.05, 0) is 54.4 Å². The summed E-state index contributed by atoms with van der Waals surface area (Å²) in [5.74, 6) is 1.86. The highest BCUT2D eigenvalue weighted by Crippen LogP contribution is 2.32. The van der Waals surface area contributed by atoms with Gasteiger partial charge in [0.15, 0.2) is 5.75 Å². The molecule has 3 aromatic carbocycles. The molecule has 0 fully saturated rings. The molecule has 138 valence electrons. The van der Waals surface area contributed by atoms with Crippen molar-refractivity contribution >= 4 is 23.2 Å². The van der Waals surface area contributed by atoms with Gasteiger partial charge in [0.2, 0.25) is 5.91 Å². The number of benzene rings is 3. The molecule has 0 bridgehead atoms. The second-order valence-electron chi connectivity index (χ2n) is 6.08. The predicted molar refractivity (Wildman–Crippen MR) is 108 cm³/mol. The molecule has 0 aliphatic heterocycles. The molecular formula is C22H20ClNO3. The molecule has 27 heavy (non-hydrogen) atoms. The maximum absolute atomic E-state index is 12.5. The monoisotopic (exact) mass is 381 g/mol. The number of nitrogens with one attached hydrogen (secondary N) is 1. The van der Waals surface area contributed by atoms with Gasteiger partial charge < -0.3 is 14.8 Å². The first-order valence-electron chi connectivity index (χ1n) is 8.51. The standard InChI is InChI=1S/C22H20ClNO3/c1-15-12-16(8-10-20(15)26-2)13-22(25)24-19-14-17(23)9-11-21(19)27-18-6-4-3-5-7-18/h3-12,14H,13H2,1-2H3,(H,24,25). The van der Waals surface area contributed by atoms with Crippen LogP contribution in [0.15, 0.2) is 66.7 Å². The molecule has 5 heteroatoms. The van der Waals surface area contributed by atoms with Crippen molar-refractivity contribution in [1.29, 1.82) is 0 Å². The number of halogens is 1. The lowest BCUT2D eigenvalue weighted by molar-refractivity contribution is -0.115. The topological polar surface area (TPSA) is 47.6 Å². The van der Waals surface area contributed by atoms with Crippen LogP contribution in [0.5, 0.6) is 17.2 Å². The Labute approximate surface area is 163 Å². The molecule has 3 aromatic rings. The van der Waals surface area contributed by atoms with Gasteiger partial charge in [-0.1, -0.05) is 41.9 Å². The first-order valence-corrected chi connectivity index (χ1v) is 8.89. The quantitative estimate of drug-likeness (QED) is 0.601. The summed E-state index contributed by atoms with van der Waals surface area (Å²) in [6.07, 6.45) is 0.238. The number of methoxy groups -OCH3 is 1. The highest BCUT2D eigenvalue weighted by atomic mass is 35.5. The van der Waals surface area contributed by atoms with E-state index in [0.717, 1.165) is 16.9 Å². The van der Waals surface area contributed by atoms with Crippen LogP contribution in [-0.2, 0) is 11.2 Å². The molecule has 4 nitrogen and oxygen atoms in total. The van der Waals surface area contributed by atoms with Gasteiger partial charge in [0.05, 0.1) is 19.2 Å². The summed E-state index contributed by atoms with van der Waals surface area (Å²) < 4.78 is 11.1. The third-order valence-corrected chi connectivity index (χ3v) is 4.25. The highest BCUT2D eigenvalue weighted by molar-refractivity contribution is 6.31. The Balaban J connectivity index is 1.75. The normalized spacial score (nSPS) is 10.3. The average molecular weight is 382 g/mol. The molecule has 3 rings (SSSR count). The minimum atomic E-state index is -0.153. The fraction of sp³-hybridized carbons (Fsp3) is 0.136. The predicted octanol–water partition coefficient (Wildman–Crippen LogP) is 5.63. The van der Waals surface area contributed by atoms with E-state index in [-0.39, 0.29) is 12.3 Å². The third kappa shape index (κ3) is 5.02. The SMILES string of the molecule is COc1ccc(CC(=O)Nc2cc(Cl)ccc2Oc2ccccc2)cc1C. The number of carbonyl (C=O) groups excluding carboxylic acids is 1. The summed E-state index contributed by atoms with van der Waals surface area (Å²) >= 11 is 6.10. The number of rotatable bonds is 6. The smallest absolute Gasteiger partial charge is 0.228 e. The molecule has 0 unspecified atom stereocenters. The van der Waals surface area contributed by atoms with Crippen LogP contribution in [0.25, 0.3) is 0 Å². The van der Waals surface area contributed by atoms with Crippen LogP contribution in [0, 0.1) is 6.92 Å². The lowest BCUT2D eigenvalue weighted by Crippen LogP contribution is -2.15. The molecule has 0 heterocycles. The zero-order valence-electron chi connectivity index (χ0n) is 15.2. The second-order valence-corrected chi connectivity index (χ2v) is 6.52. The van der Waals surface area contributed by atoms with E-state index >= 15 is 0 Å². The van der Waals surface area contributed by atoms with E-state index in [1.54, 1.807) is 25.3 Å². The van der Waals surface area contributed by atoms with Crippen molar-refractivity contribution in [2.24, 2.45) is 0 Å². The van der Waals surface area contributed by atoms with E-state index in [4.69, 9.17) is 21.1 Å². The number of aryl methyl sites for hydroxylation is 1. The van der Waals surface area contributed by atoms with Crippen molar-refractivity contribution < 1.29 is 14.3 Å². The van der Waals surface area contributed by atoms with Crippen LogP contribution in [0.1, 0.15) is 11.1 Å². The van der Waals surface area contributed by atoms with Gasteiger partial charge in [0.1, 0.15) is 11.5 Å². The van der Waals surface area contributed by atoms with Crippen molar-refractivity contribution in [3.05, 3.63) is 82.9 Å². The van der Waals surface area contributed by atoms with Gasteiger partial charge in [-0.3, -0.25) is 4.79 Å². The van der Waals surface area contributed by atoms with Crippen molar-refractivity contribution in [3.8, 4) is 17.2 Å². The van der Waals surface area contributed by atoms with Gasteiger partial charge >= 0.3 is 0 Å². The van der Waals surface area contributed by atoms with Crippen LogP contribution in [-0.4, -0.2) is 13.0 Å². The van der Waals surface area contributed by atoms with Crippen LogP contribution in [0.3, 0.4) is 0 Å². The van der Waals surface area contributed by atoms with Gasteiger partial charge in [-0.25, -0.2) is 0 Å². The first-order chi connectivity index (χ1) is 13.0. The van der Waals surface area contributed by atoms with E-state index in [1.165, 1.54) is 0 Å². The van der Waals surface area contributed by atoms with E-state index in [2.05, 4.69) is 5.32 Å². The van der Waals surface area contributed by atoms with Crippen LogP contribution in [0.2, 0.25) is 5.02 Å². The summed E-state index contributed by atoms with van der Waals surface area (Å²) in [5.41, 5.74) is 2.42. The third-order valence-electron chi connectivity index (χ3n) is 4.01. The molecule has 0 aliphatic rings. The van der Waals surface area contributed by atoms with E-state index < -0.39 is 0 Å². The summed E-state index contributed by atoms with van der Waals surface area (Å²) in [4.78, 5) is 12.5. The van der Waals surface area contributed by atoms with Gasteiger partial charge in [-0.2, -0.15) is 0 Å². The van der Waals surface area contributed by atoms with Crippen molar-refractivity contribution in [1.82, 2.24) is 0 Å². The fourth-order valence-electron chi connectivity index (χ4n) is 2.73. The number of hydrogen-bond donors (Lipinski definition) is 1. The molecule has 0 aliphatic carbocycles. The first kappa shape index (κ1) is 18.8. The minimum Gasteiger partial charge on any atom is -0.496 e. The molecule has 0 saturated carbocycles. The largest absolute Gasteiger partial charge is 0.496 e. The molecule has 1 N–H and O–H groups in total. The lowest BCUT2D eigenvalue weighted by Gasteiger charge is -2.13. The van der Waals surface area contributed by atoms with Crippen molar-refractivity contribution in [2.75, 3.05) is 12.4 Å². The molecule has 0 atom stereocenters. The Kier molecular flexibility index (Phi) is 5.99. The Morgan fingerprint density at radius 2 is 1.74 bits per heavy atom. The highest BCUT2D eigenvalue weighted by Gasteiger charge is 2.11. The number of amides is 1. The fourth-order valence-corrected chi connectivity index (χ4v) is 2.91. The Bertz CT molecular complexity index is 942. The van der Waals surface area contributed by atoms with Gasteiger partial charge in [-0.15, -0.1) is 0 Å². The molecule has 0 aromatic heterocycles. The van der Waals surface area contributed by atoms with Gasteiger partial charge in [0.25, 0.3) is 0 Å². The van der Waals surface area contributed by atoms with E-state index in [0.29, 0.717) is 22.2 Å². The second kappa shape index (κ2) is 8.60. The average Bonchev–Trinajstić information content (AvgIpc) is 2.65. The van der Waals surface area contributed by atoms with Gasteiger partial charge in [0, 0.05) is 5.02 Å². The molecular weight excluding hydrogens is 362 g/mol. The summed E-state index contributed by atoms with van der Waals surface area (Å²) in [5, 5.41) is 3.41. The summed E-state index contributed by atoms with van der Waals surface area (Å²) in [7, 11) is 1.63. The van der Waals surface area contributed by atoms with Crippen LogP contribution >= 0.6 is 11.6 Å². The summed E-state index contributed by atoms with van der Waals surface area (Å²) in [6.45, 7) is 1.95. The Morgan fingerprint density at radius 3 is 2.44 bits per heavy atom. The number of carbonyl (C=O) groups is 1. The number of hydrogen-bond acceptors (Lipinski definition) is 3. The summed E-state index contributed by atoms with van der Waals surface area (Å²) in [6, 6.07) is 20.2. The van der Waals surface area contributed by atoms with E-state index in [9.17, 15) is 4.79 Å². The van der Waals surface area contributed by atoms with Crippen LogP contribution < -0.4 is 14.8 Å². The Hall–Kier alpha value is -2.98. The molecule has 1 amide bonds. The van der Waals surface area contributed by atoms with Crippen molar-refractivity contribution in [3.63, 3.8) is 0 Å². The minimum absolute atomic E-state index is 0.153. The van der Waals surface area contributed by atoms with E-state index in [1.807, 2.05) is 55.5 Å². The lowest BCUT2D eigenvalue weighted by atomic mass is 10.1. The molecule has 0 radical (unpaired) electrons. The number of anilines is 1. The number of ether oxygens (including phenoxy) is 2. The maximum Gasteiger partial charge on any atom is 0.228 e. The zero-order valence-corrected chi connectivity index (χ0v) is 15.9. The molecule has 0 saturated heterocycles.